The minimum Gasteiger partial charge on any atom is -0.366 e. The van der Waals surface area contributed by atoms with Gasteiger partial charge in [0.1, 0.15) is 5.02 Å². The van der Waals surface area contributed by atoms with Crippen LogP contribution in [0.5, 0.6) is 0 Å². The first kappa shape index (κ1) is 21.1. The fraction of sp³-hybridized carbons (Fsp3) is 0.261. The summed E-state index contributed by atoms with van der Waals surface area (Å²) in [5, 5.41) is 7.39. The number of nitrogens with zero attached hydrogens (tertiary/aromatic N) is 4. The lowest BCUT2D eigenvalue weighted by molar-refractivity contribution is -0.117. The van der Waals surface area contributed by atoms with E-state index < -0.39 is 0 Å². The standard InChI is InChI=1S/C23H24ClN5O2/c1-17-7-9-18(10-8-17)26-21(30)16-27-11-13-28(14-12-27)20-15-25-29(23(31)22(20)24)19-5-3-2-4-6-19/h2-10,15H,11-14,16H2,1H3,(H,26,30). The van der Waals surface area contributed by atoms with Crippen LogP contribution in [-0.4, -0.2) is 53.3 Å². The van der Waals surface area contributed by atoms with Crippen molar-refractivity contribution in [3.05, 3.63) is 81.7 Å². The van der Waals surface area contributed by atoms with Crippen LogP contribution < -0.4 is 15.8 Å². The Balaban J connectivity index is 1.36. The van der Waals surface area contributed by atoms with Gasteiger partial charge in [-0.3, -0.25) is 14.5 Å². The maximum Gasteiger partial charge on any atom is 0.292 e. The van der Waals surface area contributed by atoms with Gasteiger partial charge in [0.2, 0.25) is 5.91 Å². The van der Waals surface area contributed by atoms with Gasteiger partial charge in [-0.25, -0.2) is 0 Å². The van der Waals surface area contributed by atoms with Crippen molar-refractivity contribution in [3.63, 3.8) is 0 Å². The highest BCUT2D eigenvalue weighted by Crippen LogP contribution is 2.23. The van der Waals surface area contributed by atoms with Gasteiger partial charge in [-0.1, -0.05) is 47.5 Å². The van der Waals surface area contributed by atoms with Crippen molar-refractivity contribution in [1.29, 1.82) is 0 Å². The molecule has 1 aromatic heterocycles. The topological polar surface area (TPSA) is 70.5 Å². The summed E-state index contributed by atoms with van der Waals surface area (Å²) in [6.07, 6.45) is 1.64. The summed E-state index contributed by atoms with van der Waals surface area (Å²) in [6.45, 7) is 5.04. The van der Waals surface area contributed by atoms with E-state index in [2.05, 4.69) is 15.3 Å². The first-order valence-corrected chi connectivity index (χ1v) is 10.6. The molecule has 0 unspecified atom stereocenters. The third-order valence-corrected chi connectivity index (χ3v) is 5.67. The molecule has 1 saturated heterocycles. The van der Waals surface area contributed by atoms with E-state index in [1.807, 2.05) is 66.4 Å². The van der Waals surface area contributed by atoms with Crippen molar-refractivity contribution in [1.82, 2.24) is 14.7 Å². The van der Waals surface area contributed by atoms with Gasteiger partial charge < -0.3 is 10.2 Å². The van der Waals surface area contributed by atoms with E-state index in [4.69, 9.17) is 11.6 Å². The van der Waals surface area contributed by atoms with Crippen molar-refractivity contribution in [3.8, 4) is 5.69 Å². The van der Waals surface area contributed by atoms with E-state index >= 15 is 0 Å². The summed E-state index contributed by atoms with van der Waals surface area (Å²) in [7, 11) is 0. The molecule has 2 heterocycles. The molecule has 0 saturated carbocycles. The Morgan fingerprint density at radius 2 is 1.71 bits per heavy atom. The molecule has 7 nitrogen and oxygen atoms in total. The molecule has 1 amide bonds. The third kappa shape index (κ3) is 4.95. The Labute approximate surface area is 185 Å². The minimum atomic E-state index is -0.342. The highest BCUT2D eigenvalue weighted by atomic mass is 35.5. The number of anilines is 2. The fourth-order valence-corrected chi connectivity index (χ4v) is 3.83. The normalized spacial score (nSPS) is 14.5. The molecule has 3 aromatic rings. The summed E-state index contributed by atoms with van der Waals surface area (Å²) in [4.78, 5) is 29.2. The molecule has 4 rings (SSSR count). The number of aryl methyl sites for hydroxylation is 1. The van der Waals surface area contributed by atoms with Crippen LogP contribution in [0.25, 0.3) is 5.69 Å². The molecular formula is C23H24ClN5O2. The molecule has 0 bridgehead atoms. The van der Waals surface area contributed by atoms with Crippen LogP contribution in [0.15, 0.2) is 65.6 Å². The Kier molecular flexibility index (Phi) is 6.34. The van der Waals surface area contributed by atoms with Crippen molar-refractivity contribution >= 4 is 28.9 Å². The van der Waals surface area contributed by atoms with Crippen molar-refractivity contribution in [2.24, 2.45) is 0 Å². The van der Waals surface area contributed by atoms with Crippen LogP contribution in [0.1, 0.15) is 5.56 Å². The number of piperazine rings is 1. The molecule has 1 aliphatic rings. The van der Waals surface area contributed by atoms with E-state index in [1.54, 1.807) is 6.20 Å². The van der Waals surface area contributed by atoms with Crippen LogP contribution in [-0.2, 0) is 4.79 Å². The maximum atomic E-state index is 12.7. The van der Waals surface area contributed by atoms with Crippen LogP contribution in [0, 0.1) is 6.92 Å². The molecule has 1 fully saturated rings. The summed E-state index contributed by atoms with van der Waals surface area (Å²) in [6, 6.07) is 16.9. The number of hydrogen-bond acceptors (Lipinski definition) is 5. The summed E-state index contributed by atoms with van der Waals surface area (Å²) in [5.41, 5.74) is 2.91. The SMILES string of the molecule is Cc1ccc(NC(=O)CN2CCN(c3cnn(-c4ccccc4)c(=O)c3Cl)CC2)cc1. The zero-order valence-electron chi connectivity index (χ0n) is 17.3. The Bertz CT molecular complexity index is 1110. The van der Waals surface area contributed by atoms with Gasteiger partial charge in [-0.15, -0.1) is 0 Å². The van der Waals surface area contributed by atoms with Crippen molar-refractivity contribution in [2.45, 2.75) is 6.92 Å². The van der Waals surface area contributed by atoms with Gasteiger partial charge >= 0.3 is 0 Å². The smallest absolute Gasteiger partial charge is 0.292 e. The van der Waals surface area contributed by atoms with E-state index in [0.717, 1.165) is 11.3 Å². The number of aromatic nitrogens is 2. The van der Waals surface area contributed by atoms with Crippen LogP contribution in [0.4, 0.5) is 11.4 Å². The number of halogens is 1. The number of para-hydroxylation sites is 1. The third-order valence-electron chi connectivity index (χ3n) is 5.32. The van der Waals surface area contributed by atoms with Gasteiger partial charge in [-0.2, -0.15) is 9.78 Å². The molecular weight excluding hydrogens is 414 g/mol. The molecule has 1 N–H and O–H groups in total. The van der Waals surface area contributed by atoms with Gasteiger partial charge in [0.25, 0.3) is 5.56 Å². The summed E-state index contributed by atoms with van der Waals surface area (Å²) < 4.78 is 1.30. The van der Waals surface area contributed by atoms with E-state index in [9.17, 15) is 9.59 Å². The lowest BCUT2D eigenvalue weighted by Gasteiger charge is -2.35. The lowest BCUT2D eigenvalue weighted by Crippen LogP contribution is -2.49. The number of carbonyl (C=O) groups excluding carboxylic acids is 1. The molecule has 160 valence electrons. The second-order valence-corrected chi connectivity index (χ2v) is 7.95. The first-order chi connectivity index (χ1) is 15.0. The monoisotopic (exact) mass is 437 g/mol. The average molecular weight is 438 g/mol. The Hall–Kier alpha value is -3.16. The van der Waals surface area contributed by atoms with E-state index in [0.29, 0.717) is 44.1 Å². The molecule has 1 aliphatic heterocycles. The van der Waals surface area contributed by atoms with Crippen LogP contribution in [0.2, 0.25) is 5.02 Å². The fourth-order valence-electron chi connectivity index (χ4n) is 3.59. The number of nitrogens with one attached hydrogen (secondary N) is 1. The van der Waals surface area contributed by atoms with Crippen molar-refractivity contribution < 1.29 is 4.79 Å². The Morgan fingerprint density at radius 3 is 2.39 bits per heavy atom. The number of rotatable bonds is 5. The van der Waals surface area contributed by atoms with E-state index in [1.165, 1.54) is 4.68 Å². The largest absolute Gasteiger partial charge is 0.366 e. The predicted octanol–water partition coefficient (Wildman–Crippen LogP) is 2.96. The maximum absolute atomic E-state index is 12.7. The minimum absolute atomic E-state index is 0.0394. The van der Waals surface area contributed by atoms with Crippen LogP contribution in [0.3, 0.4) is 0 Å². The highest BCUT2D eigenvalue weighted by Gasteiger charge is 2.22. The molecule has 2 aromatic carbocycles. The molecule has 31 heavy (non-hydrogen) atoms. The predicted molar refractivity (Wildman–Crippen MR) is 123 cm³/mol. The van der Waals surface area contributed by atoms with Gasteiger partial charge in [-0.05, 0) is 31.2 Å². The first-order valence-electron chi connectivity index (χ1n) is 10.2. The van der Waals surface area contributed by atoms with Gasteiger partial charge in [0.15, 0.2) is 0 Å². The zero-order valence-corrected chi connectivity index (χ0v) is 18.0. The second kappa shape index (κ2) is 9.32. The number of carbonyl (C=O) groups is 1. The average Bonchev–Trinajstić information content (AvgIpc) is 2.78. The molecule has 0 atom stereocenters. The lowest BCUT2D eigenvalue weighted by atomic mass is 10.2. The molecule has 0 spiro atoms. The van der Waals surface area contributed by atoms with Gasteiger partial charge in [0.05, 0.1) is 24.1 Å². The highest BCUT2D eigenvalue weighted by molar-refractivity contribution is 6.33. The molecule has 8 heteroatoms. The number of amides is 1. The Morgan fingerprint density at radius 1 is 1.03 bits per heavy atom. The van der Waals surface area contributed by atoms with E-state index in [-0.39, 0.29) is 16.5 Å². The summed E-state index contributed by atoms with van der Waals surface area (Å²) >= 11 is 6.41. The van der Waals surface area contributed by atoms with Crippen LogP contribution >= 0.6 is 11.6 Å². The number of benzene rings is 2. The summed E-state index contributed by atoms with van der Waals surface area (Å²) in [5.74, 6) is -0.0394. The second-order valence-electron chi connectivity index (χ2n) is 7.57. The number of hydrogen-bond donors (Lipinski definition) is 1. The van der Waals surface area contributed by atoms with Crippen molar-refractivity contribution in [2.75, 3.05) is 42.9 Å². The van der Waals surface area contributed by atoms with Gasteiger partial charge in [0, 0.05) is 31.9 Å². The molecule has 0 radical (unpaired) electrons. The zero-order chi connectivity index (χ0) is 21.8. The quantitative estimate of drug-likeness (QED) is 0.664. The molecule has 0 aliphatic carbocycles.